The number of para-hydroxylation sites is 1. The molecule has 29 heavy (non-hydrogen) atoms. The first kappa shape index (κ1) is 21.6. The van der Waals surface area contributed by atoms with E-state index in [1.807, 2.05) is 0 Å². The molecule has 0 aliphatic rings. The lowest BCUT2D eigenvalue weighted by atomic mass is 10.2. The zero-order valence-electron chi connectivity index (χ0n) is 15.1. The molecule has 0 aromatic heterocycles. The molecule has 11 heteroatoms. The lowest BCUT2D eigenvalue weighted by molar-refractivity contribution is -0.384. The van der Waals surface area contributed by atoms with Gasteiger partial charge in [-0.05, 0) is 18.2 Å². The van der Waals surface area contributed by atoms with Crippen LogP contribution in [0.1, 0.15) is 10.4 Å². The third kappa shape index (κ3) is 6.18. The highest BCUT2D eigenvalue weighted by Gasteiger charge is 2.15. The first-order valence-electron chi connectivity index (χ1n) is 8.12. The molecule has 0 saturated heterocycles. The number of esters is 1. The second-order valence-corrected chi connectivity index (χ2v) is 5.92. The van der Waals surface area contributed by atoms with Crippen LogP contribution in [0.4, 0.5) is 11.4 Å². The molecule has 0 fully saturated rings. The van der Waals surface area contributed by atoms with Crippen molar-refractivity contribution >= 4 is 40.8 Å². The van der Waals surface area contributed by atoms with Gasteiger partial charge in [-0.1, -0.05) is 23.7 Å². The fraction of sp³-hybridized carbons (Fsp3) is 0.167. The summed E-state index contributed by atoms with van der Waals surface area (Å²) >= 11 is 5.86. The number of benzene rings is 2. The normalized spacial score (nSPS) is 10.0. The van der Waals surface area contributed by atoms with Gasteiger partial charge < -0.3 is 20.1 Å². The van der Waals surface area contributed by atoms with E-state index < -0.39 is 35.9 Å². The average molecular weight is 422 g/mol. The van der Waals surface area contributed by atoms with Crippen molar-refractivity contribution in [2.75, 3.05) is 25.6 Å². The molecular weight excluding hydrogens is 406 g/mol. The monoisotopic (exact) mass is 421 g/mol. The smallest absolute Gasteiger partial charge is 0.325 e. The quantitative estimate of drug-likeness (QED) is 0.378. The third-order valence-corrected chi connectivity index (χ3v) is 3.86. The first-order chi connectivity index (χ1) is 13.8. The van der Waals surface area contributed by atoms with Crippen molar-refractivity contribution in [2.45, 2.75) is 0 Å². The number of methoxy groups -OCH3 is 1. The van der Waals surface area contributed by atoms with Gasteiger partial charge in [0.1, 0.15) is 12.3 Å². The number of amides is 2. The number of nitro benzene ring substituents is 1. The summed E-state index contributed by atoms with van der Waals surface area (Å²) in [6.45, 7) is -1.08. The molecule has 0 bridgehead atoms. The average Bonchev–Trinajstić information content (AvgIpc) is 2.71. The third-order valence-electron chi connectivity index (χ3n) is 3.55. The van der Waals surface area contributed by atoms with Crippen LogP contribution in [0.3, 0.4) is 0 Å². The minimum absolute atomic E-state index is 0.0389. The fourth-order valence-corrected chi connectivity index (χ4v) is 2.40. The number of nitrogens with one attached hydrogen (secondary N) is 2. The molecule has 10 nitrogen and oxygen atoms in total. The van der Waals surface area contributed by atoms with Crippen LogP contribution in [0.25, 0.3) is 0 Å². The molecule has 2 rings (SSSR count). The van der Waals surface area contributed by atoms with E-state index in [1.165, 1.54) is 25.3 Å². The van der Waals surface area contributed by atoms with E-state index in [0.717, 1.165) is 6.07 Å². The maximum atomic E-state index is 12.1. The molecule has 2 N–H and O–H groups in total. The number of halogens is 1. The van der Waals surface area contributed by atoms with Crippen LogP contribution in [0, 0.1) is 10.1 Å². The lowest BCUT2D eigenvalue weighted by Gasteiger charge is -2.10. The highest BCUT2D eigenvalue weighted by molar-refractivity contribution is 6.34. The summed E-state index contributed by atoms with van der Waals surface area (Å²) < 4.78 is 9.83. The zero-order chi connectivity index (χ0) is 21.4. The van der Waals surface area contributed by atoms with E-state index in [2.05, 4.69) is 10.6 Å². The van der Waals surface area contributed by atoms with Crippen molar-refractivity contribution in [3.05, 3.63) is 63.2 Å². The van der Waals surface area contributed by atoms with Crippen LogP contribution in [-0.4, -0.2) is 43.0 Å². The van der Waals surface area contributed by atoms with Gasteiger partial charge in [0, 0.05) is 12.1 Å². The van der Waals surface area contributed by atoms with E-state index in [9.17, 15) is 24.5 Å². The van der Waals surface area contributed by atoms with Crippen molar-refractivity contribution < 1.29 is 28.8 Å². The van der Waals surface area contributed by atoms with E-state index in [4.69, 9.17) is 21.1 Å². The van der Waals surface area contributed by atoms with Gasteiger partial charge in [-0.25, -0.2) is 0 Å². The van der Waals surface area contributed by atoms with Crippen LogP contribution in [0.2, 0.25) is 5.02 Å². The van der Waals surface area contributed by atoms with Crippen molar-refractivity contribution in [2.24, 2.45) is 0 Å². The summed E-state index contributed by atoms with van der Waals surface area (Å²) in [4.78, 5) is 45.7. The molecule has 0 saturated carbocycles. The molecule has 0 unspecified atom stereocenters. The number of carbonyl (C=O) groups is 3. The number of nitro groups is 1. The number of rotatable bonds is 8. The fourth-order valence-electron chi connectivity index (χ4n) is 2.18. The molecule has 2 aromatic carbocycles. The molecule has 0 aliphatic heterocycles. The molecule has 0 aliphatic carbocycles. The number of nitrogens with zero attached hydrogens (tertiary/aromatic N) is 1. The second kappa shape index (κ2) is 10.0. The highest BCUT2D eigenvalue weighted by atomic mass is 35.5. The number of non-ortho nitro benzene ring substituents is 1. The van der Waals surface area contributed by atoms with Crippen LogP contribution in [0.5, 0.6) is 5.75 Å². The minimum atomic E-state index is -0.835. The topological polar surface area (TPSA) is 137 Å². The Bertz CT molecular complexity index is 949. The van der Waals surface area contributed by atoms with Gasteiger partial charge in [0.25, 0.3) is 17.5 Å². The van der Waals surface area contributed by atoms with Gasteiger partial charge in [-0.3, -0.25) is 24.5 Å². The summed E-state index contributed by atoms with van der Waals surface area (Å²) in [5.41, 5.74) is 0.140. The van der Waals surface area contributed by atoms with Gasteiger partial charge >= 0.3 is 5.97 Å². The van der Waals surface area contributed by atoms with Gasteiger partial charge in [0.05, 0.1) is 28.3 Å². The Balaban J connectivity index is 1.81. The van der Waals surface area contributed by atoms with E-state index in [1.54, 1.807) is 18.2 Å². The molecule has 0 atom stereocenters. The highest BCUT2D eigenvalue weighted by Crippen LogP contribution is 2.26. The lowest BCUT2D eigenvalue weighted by Crippen LogP contribution is -2.32. The van der Waals surface area contributed by atoms with Crippen molar-refractivity contribution in [3.63, 3.8) is 0 Å². The number of hydrogen-bond donors (Lipinski definition) is 2. The Labute approximate surface area is 169 Å². The SMILES string of the molecule is COc1ccccc1C(=O)NCC(=O)OCC(=O)Nc1ccc([N+](=O)[O-])cc1Cl. The molecule has 152 valence electrons. The second-order valence-electron chi connectivity index (χ2n) is 5.51. The molecular formula is C18H16ClN3O7. The minimum Gasteiger partial charge on any atom is -0.496 e. The number of carbonyl (C=O) groups excluding carboxylic acids is 3. The summed E-state index contributed by atoms with van der Waals surface area (Å²) in [5, 5.41) is 15.4. The van der Waals surface area contributed by atoms with E-state index >= 15 is 0 Å². The molecule has 0 radical (unpaired) electrons. The number of anilines is 1. The Hall–Kier alpha value is -3.66. The summed E-state index contributed by atoms with van der Waals surface area (Å²) in [6, 6.07) is 9.97. The Morgan fingerprint density at radius 3 is 2.55 bits per heavy atom. The maximum absolute atomic E-state index is 12.1. The molecule has 0 heterocycles. The Morgan fingerprint density at radius 2 is 1.90 bits per heavy atom. The van der Waals surface area contributed by atoms with Crippen LogP contribution in [-0.2, 0) is 14.3 Å². The maximum Gasteiger partial charge on any atom is 0.325 e. The standard InChI is InChI=1S/C18H16ClN3O7/c1-28-15-5-3-2-4-12(15)18(25)20-9-17(24)29-10-16(23)21-14-7-6-11(22(26)27)8-13(14)19/h2-8H,9-10H2,1H3,(H,20,25)(H,21,23). The number of ether oxygens (including phenoxy) is 2. The Kier molecular flexibility index (Phi) is 7.49. The molecule has 0 spiro atoms. The van der Waals surface area contributed by atoms with Crippen LogP contribution >= 0.6 is 11.6 Å². The predicted molar refractivity (Wildman–Crippen MR) is 103 cm³/mol. The van der Waals surface area contributed by atoms with Gasteiger partial charge in [0.15, 0.2) is 6.61 Å². The zero-order valence-corrected chi connectivity index (χ0v) is 15.9. The van der Waals surface area contributed by atoms with Crippen molar-refractivity contribution in [1.82, 2.24) is 5.32 Å². The first-order valence-corrected chi connectivity index (χ1v) is 8.50. The molecule has 2 aromatic rings. The largest absolute Gasteiger partial charge is 0.496 e. The van der Waals surface area contributed by atoms with Gasteiger partial charge in [0.2, 0.25) is 0 Å². The summed E-state index contributed by atoms with van der Waals surface area (Å²) in [6.07, 6.45) is 0. The van der Waals surface area contributed by atoms with E-state index in [-0.39, 0.29) is 22.0 Å². The Morgan fingerprint density at radius 1 is 1.17 bits per heavy atom. The van der Waals surface area contributed by atoms with Crippen LogP contribution in [0.15, 0.2) is 42.5 Å². The predicted octanol–water partition coefficient (Wildman–Crippen LogP) is 2.17. The van der Waals surface area contributed by atoms with Gasteiger partial charge in [-0.2, -0.15) is 0 Å². The van der Waals surface area contributed by atoms with Crippen molar-refractivity contribution in [1.29, 1.82) is 0 Å². The van der Waals surface area contributed by atoms with Crippen LogP contribution < -0.4 is 15.4 Å². The summed E-state index contributed by atoms with van der Waals surface area (Å²) in [7, 11) is 1.41. The number of hydrogen-bond acceptors (Lipinski definition) is 7. The summed E-state index contributed by atoms with van der Waals surface area (Å²) in [5.74, 6) is -1.73. The molecule has 2 amide bonds. The van der Waals surface area contributed by atoms with Crippen molar-refractivity contribution in [3.8, 4) is 5.75 Å². The van der Waals surface area contributed by atoms with E-state index in [0.29, 0.717) is 5.75 Å². The van der Waals surface area contributed by atoms with Gasteiger partial charge in [-0.15, -0.1) is 0 Å².